The van der Waals surface area contributed by atoms with E-state index in [0.29, 0.717) is 47.9 Å². The second-order valence-electron chi connectivity index (χ2n) is 7.72. The SMILES string of the molecule is O=C1c2oc3ccc(Cl)cc3c(=O)c2[C@H](c2ccc(F)cc2)N1CCN1CCOCC1. The summed E-state index contributed by atoms with van der Waals surface area (Å²) >= 11 is 6.09. The van der Waals surface area contributed by atoms with Crippen LogP contribution < -0.4 is 5.43 Å². The molecule has 5 rings (SSSR count). The molecule has 3 aromatic rings. The Morgan fingerprint density at radius 1 is 1.03 bits per heavy atom. The highest BCUT2D eigenvalue weighted by atomic mass is 35.5. The molecule has 0 radical (unpaired) electrons. The van der Waals surface area contributed by atoms with Gasteiger partial charge in [-0.3, -0.25) is 14.5 Å². The van der Waals surface area contributed by atoms with Crippen molar-refractivity contribution >= 4 is 28.5 Å². The molecule has 2 aliphatic rings. The van der Waals surface area contributed by atoms with Crippen molar-refractivity contribution in [3.63, 3.8) is 0 Å². The van der Waals surface area contributed by atoms with Crippen LogP contribution in [-0.4, -0.2) is 55.1 Å². The molecule has 8 heteroatoms. The largest absolute Gasteiger partial charge is 0.450 e. The molecule has 1 amide bonds. The summed E-state index contributed by atoms with van der Waals surface area (Å²) in [6.07, 6.45) is 0. The van der Waals surface area contributed by atoms with Gasteiger partial charge < -0.3 is 14.1 Å². The lowest BCUT2D eigenvalue weighted by Crippen LogP contribution is -2.42. The third-order valence-electron chi connectivity index (χ3n) is 5.87. The summed E-state index contributed by atoms with van der Waals surface area (Å²) in [5, 5.41) is 0.729. The number of morpholine rings is 1. The van der Waals surface area contributed by atoms with Crippen LogP contribution in [0.15, 0.2) is 51.7 Å². The molecule has 1 saturated heterocycles. The van der Waals surface area contributed by atoms with Crippen molar-refractivity contribution < 1.29 is 18.3 Å². The normalized spacial score (nSPS) is 19.2. The third-order valence-corrected chi connectivity index (χ3v) is 6.11. The van der Waals surface area contributed by atoms with Gasteiger partial charge in [0.1, 0.15) is 11.4 Å². The Hall–Kier alpha value is -2.74. The summed E-state index contributed by atoms with van der Waals surface area (Å²) in [6.45, 7) is 3.93. The Kier molecular flexibility index (Phi) is 5.25. The minimum Gasteiger partial charge on any atom is -0.450 e. The molecule has 6 nitrogen and oxygen atoms in total. The summed E-state index contributed by atoms with van der Waals surface area (Å²) in [5.41, 5.74) is 0.946. The monoisotopic (exact) mass is 442 g/mol. The molecule has 1 aromatic heterocycles. The Labute approximate surface area is 182 Å². The summed E-state index contributed by atoms with van der Waals surface area (Å²) in [6, 6.07) is 9.98. The standard InChI is InChI=1S/C23H20ClFN2O4/c24-15-3-6-18-17(13-15)21(28)19-20(14-1-4-16(25)5-2-14)27(23(29)22(19)31-18)8-7-26-9-11-30-12-10-26/h1-6,13,20H,7-12H2/t20-/m0/s1. The summed E-state index contributed by atoms with van der Waals surface area (Å²) in [5.74, 6) is -0.687. The van der Waals surface area contributed by atoms with E-state index in [2.05, 4.69) is 4.90 Å². The Morgan fingerprint density at radius 2 is 1.77 bits per heavy atom. The molecule has 0 saturated carbocycles. The highest BCUT2D eigenvalue weighted by Gasteiger charge is 2.42. The summed E-state index contributed by atoms with van der Waals surface area (Å²) in [4.78, 5) is 30.6. The van der Waals surface area contributed by atoms with E-state index in [1.54, 1.807) is 35.2 Å². The van der Waals surface area contributed by atoms with Gasteiger partial charge in [0.25, 0.3) is 5.91 Å². The van der Waals surface area contributed by atoms with Crippen molar-refractivity contribution in [1.82, 2.24) is 9.80 Å². The van der Waals surface area contributed by atoms with Gasteiger partial charge in [0.2, 0.25) is 5.76 Å². The highest BCUT2D eigenvalue weighted by molar-refractivity contribution is 6.31. The van der Waals surface area contributed by atoms with E-state index in [4.69, 9.17) is 20.8 Å². The van der Waals surface area contributed by atoms with Crippen molar-refractivity contribution in [3.05, 3.63) is 80.4 Å². The van der Waals surface area contributed by atoms with Crippen molar-refractivity contribution in [2.45, 2.75) is 6.04 Å². The number of halogens is 2. The van der Waals surface area contributed by atoms with Gasteiger partial charge in [0, 0.05) is 31.2 Å². The first kappa shape index (κ1) is 20.2. The van der Waals surface area contributed by atoms with Crippen LogP contribution in [0.25, 0.3) is 11.0 Å². The van der Waals surface area contributed by atoms with Crippen LogP contribution in [0.2, 0.25) is 5.02 Å². The number of fused-ring (bicyclic) bond motifs is 2. The first-order chi connectivity index (χ1) is 15.0. The van der Waals surface area contributed by atoms with Gasteiger partial charge in [-0.2, -0.15) is 0 Å². The van der Waals surface area contributed by atoms with Crippen molar-refractivity contribution in [1.29, 1.82) is 0 Å². The number of benzene rings is 2. The quantitative estimate of drug-likeness (QED) is 0.619. The highest BCUT2D eigenvalue weighted by Crippen LogP contribution is 2.38. The van der Waals surface area contributed by atoms with E-state index < -0.39 is 6.04 Å². The summed E-state index contributed by atoms with van der Waals surface area (Å²) in [7, 11) is 0. The fourth-order valence-electron chi connectivity index (χ4n) is 4.29. The minimum absolute atomic E-state index is 0.0381. The van der Waals surface area contributed by atoms with Gasteiger partial charge in [-0.1, -0.05) is 23.7 Å². The minimum atomic E-state index is -0.649. The second kappa shape index (κ2) is 8.07. The number of hydrogen-bond donors (Lipinski definition) is 0. The molecule has 1 fully saturated rings. The van der Waals surface area contributed by atoms with Gasteiger partial charge in [-0.25, -0.2) is 4.39 Å². The average molecular weight is 443 g/mol. The molecule has 3 heterocycles. The number of ether oxygens (including phenoxy) is 1. The van der Waals surface area contributed by atoms with Gasteiger partial charge in [-0.15, -0.1) is 0 Å². The van der Waals surface area contributed by atoms with Crippen LogP contribution in [0.4, 0.5) is 4.39 Å². The molecule has 0 spiro atoms. The fourth-order valence-corrected chi connectivity index (χ4v) is 4.46. The van der Waals surface area contributed by atoms with Gasteiger partial charge in [0.15, 0.2) is 5.43 Å². The molecule has 160 valence electrons. The molecule has 2 aliphatic heterocycles. The third kappa shape index (κ3) is 3.63. The molecular weight excluding hydrogens is 423 g/mol. The van der Waals surface area contributed by atoms with Crippen molar-refractivity contribution in [2.24, 2.45) is 0 Å². The van der Waals surface area contributed by atoms with Crippen LogP contribution in [-0.2, 0) is 4.74 Å². The second-order valence-corrected chi connectivity index (χ2v) is 8.16. The average Bonchev–Trinajstić information content (AvgIpc) is 3.06. The van der Waals surface area contributed by atoms with Crippen LogP contribution in [0.1, 0.15) is 27.7 Å². The Balaban J connectivity index is 1.60. The molecule has 0 N–H and O–H groups in total. The van der Waals surface area contributed by atoms with E-state index in [9.17, 15) is 14.0 Å². The van der Waals surface area contributed by atoms with Crippen molar-refractivity contribution in [3.8, 4) is 0 Å². The first-order valence-corrected chi connectivity index (χ1v) is 10.5. The van der Waals surface area contributed by atoms with E-state index in [-0.39, 0.29) is 28.5 Å². The molecule has 0 bridgehead atoms. The molecular formula is C23H20ClFN2O4. The van der Waals surface area contributed by atoms with Crippen LogP contribution in [0.5, 0.6) is 0 Å². The number of amides is 1. The molecule has 2 aromatic carbocycles. The maximum absolute atomic E-state index is 13.6. The Morgan fingerprint density at radius 3 is 2.52 bits per heavy atom. The maximum Gasteiger partial charge on any atom is 0.290 e. The van der Waals surface area contributed by atoms with E-state index in [1.807, 2.05) is 0 Å². The smallest absolute Gasteiger partial charge is 0.290 e. The number of rotatable bonds is 4. The Bertz CT molecular complexity index is 1200. The number of carbonyl (C=O) groups excluding carboxylic acids is 1. The zero-order valence-electron chi connectivity index (χ0n) is 16.6. The van der Waals surface area contributed by atoms with Gasteiger partial charge in [0.05, 0.1) is 30.2 Å². The lowest BCUT2D eigenvalue weighted by atomic mass is 9.98. The lowest BCUT2D eigenvalue weighted by Gasteiger charge is -2.31. The van der Waals surface area contributed by atoms with Gasteiger partial charge in [-0.05, 0) is 35.9 Å². The van der Waals surface area contributed by atoms with E-state index in [0.717, 1.165) is 13.1 Å². The van der Waals surface area contributed by atoms with Crippen LogP contribution in [0.3, 0.4) is 0 Å². The predicted octanol–water partition coefficient (Wildman–Crippen LogP) is 3.46. The topological polar surface area (TPSA) is 63.0 Å². The molecule has 1 atom stereocenters. The van der Waals surface area contributed by atoms with Crippen LogP contribution in [0, 0.1) is 5.82 Å². The number of hydrogen-bond acceptors (Lipinski definition) is 5. The number of carbonyl (C=O) groups is 1. The molecule has 0 aliphatic carbocycles. The zero-order valence-corrected chi connectivity index (χ0v) is 17.4. The van der Waals surface area contributed by atoms with Gasteiger partial charge >= 0.3 is 0 Å². The maximum atomic E-state index is 13.6. The predicted molar refractivity (Wildman–Crippen MR) is 114 cm³/mol. The zero-order chi connectivity index (χ0) is 21.5. The molecule has 31 heavy (non-hydrogen) atoms. The van der Waals surface area contributed by atoms with Crippen molar-refractivity contribution in [2.75, 3.05) is 39.4 Å². The lowest BCUT2D eigenvalue weighted by molar-refractivity contribution is 0.0314. The van der Waals surface area contributed by atoms with E-state index in [1.165, 1.54) is 12.1 Å². The molecule has 0 unspecified atom stereocenters. The fraction of sp³-hybridized carbons (Fsp3) is 0.304. The first-order valence-electron chi connectivity index (χ1n) is 10.2. The number of nitrogens with zero attached hydrogens (tertiary/aromatic N) is 2. The van der Waals surface area contributed by atoms with E-state index >= 15 is 0 Å². The van der Waals surface area contributed by atoms with Crippen LogP contribution >= 0.6 is 11.6 Å². The summed E-state index contributed by atoms with van der Waals surface area (Å²) < 4.78 is 24.9.